The number of hydrogen-bond donors (Lipinski definition) is 0. The van der Waals surface area contributed by atoms with Gasteiger partial charge in [-0.05, 0) is 0 Å². The Morgan fingerprint density at radius 3 is 2.24 bits per heavy atom. The van der Waals surface area contributed by atoms with Crippen LogP contribution in [0.1, 0.15) is 4.57 Å². The molecule has 5 aromatic rings. The normalized spacial score (nSPS) is 16.9. The van der Waals surface area contributed by atoms with Gasteiger partial charge < -0.3 is 0 Å². The molecule has 0 amide bonds. The number of carbonyl (C=O) groups is 1. The zero-order chi connectivity index (χ0) is 25.6. The number of rotatable bonds is 4. The Balaban J connectivity index is 1.31. The van der Waals surface area contributed by atoms with Crippen molar-refractivity contribution in [3.05, 3.63) is 141 Å². The predicted molar refractivity (Wildman–Crippen MR) is 151 cm³/mol. The molecule has 7 rings (SSSR count). The molecule has 0 N–H and O–H groups in total. The topological polar surface area (TPSA) is 47.3 Å². The summed E-state index contributed by atoms with van der Waals surface area (Å²) in [4.78, 5) is 15.5. The summed E-state index contributed by atoms with van der Waals surface area (Å²) in [7, 11) is 0. The molecule has 6 heteroatoms. The van der Waals surface area contributed by atoms with Crippen LogP contribution in [0.5, 0.6) is 0 Å². The van der Waals surface area contributed by atoms with Crippen molar-refractivity contribution in [2.75, 3.05) is 4.90 Å². The van der Waals surface area contributed by atoms with E-state index in [9.17, 15) is 9.90 Å². The summed E-state index contributed by atoms with van der Waals surface area (Å²) in [6, 6.07) is 36.8. The Bertz CT molecular complexity index is 1820. The standard InChI is InChI=1S/C32H20N2O2Se2/c35-31-23(19-29-33(21-11-3-1-4-12-21)25-15-7-9-17-27(25)37-29)32(36)24(31)20-30-34(22-13-5-2-6-14-22)26-16-8-10-18-28(26)38-30/h1-20H. The number of carbonyl (C=O) groups excluding carboxylic acids is 1. The van der Waals surface area contributed by atoms with E-state index in [1.807, 2.05) is 72.8 Å². The van der Waals surface area contributed by atoms with Gasteiger partial charge in [-0.25, -0.2) is 0 Å². The first-order valence-corrected chi connectivity index (χ1v) is 15.6. The van der Waals surface area contributed by atoms with Crippen LogP contribution >= 0.6 is 0 Å². The van der Waals surface area contributed by atoms with Gasteiger partial charge in [0.15, 0.2) is 0 Å². The molecule has 4 aromatic carbocycles. The van der Waals surface area contributed by atoms with E-state index < -0.39 is 0 Å². The second-order valence-electron chi connectivity index (χ2n) is 8.93. The number of nitrogens with zero attached hydrogens (tertiary/aromatic N) is 2. The van der Waals surface area contributed by atoms with Gasteiger partial charge in [0.2, 0.25) is 0 Å². The van der Waals surface area contributed by atoms with Crippen LogP contribution in [0.2, 0.25) is 0 Å². The number of allylic oxidation sites excluding steroid dienone is 3. The number of anilines is 2. The fourth-order valence-electron chi connectivity index (χ4n) is 4.83. The van der Waals surface area contributed by atoms with Crippen LogP contribution in [0.25, 0.3) is 21.5 Å². The van der Waals surface area contributed by atoms with E-state index in [0.717, 1.165) is 31.7 Å². The van der Waals surface area contributed by atoms with Crippen LogP contribution in [0.15, 0.2) is 137 Å². The number of para-hydroxylation sites is 4. The number of benzene rings is 4. The molecule has 1 aromatic heterocycles. The number of ketones is 1. The van der Waals surface area contributed by atoms with Crippen molar-refractivity contribution >= 4 is 66.9 Å². The average Bonchev–Trinajstić information content (AvgIpc) is 3.53. The number of hydrogen-bond acceptors (Lipinski definition) is 3. The van der Waals surface area contributed by atoms with E-state index >= 15 is 0 Å². The fraction of sp³-hybridized carbons (Fsp3) is 0. The van der Waals surface area contributed by atoms with Crippen molar-refractivity contribution in [3.8, 4) is 5.69 Å². The summed E-state index contributed by atoms with van der Waals surface area (Å²) in [5.74, 6) is -0.343. The summed E-state index contributed by atoms with van der Waals surface area (Å²) in [5.41, 5.74) is 4.83. The van der Waals surface area contributed by atoms with Crippen molar-refractivity contribution in [1.29, 1.82) is 0 Å². The first-order chi connectivity index (χ1) is 18.7. The van der Waals surface area contributed by atoms with Crippen LogP contribution in [0, 0.1) is 0 Å². The van der Waals surface area contributed by atoms with Gasteiger partial charge in [-0.2, -0.15) is 0 Å². The molecule has 0 saturated heterocycles. The molecule has 4 nitrogen and oxygen atoms in total. The maximum absolute atomic E-state index is 13.4. The van der Waals surface area contributed by atoms with Gasteiger partial charge in [0.25, 0.3) is 0 Å². The molecule has 1 aliphatic carbocycles. The monoisotopic (exact) mass is 624 g/mol. The SMILES string of the molecule is O=C1C(/C=C2\[Se]c3ccccc3N2c2ccccc2)=C([O-])C/1=C\c1[se]c2ccccc2[n+]1-c1ccccc1. The molecular weight excluding hydrogens is 602 g/mol. The Morgan fingerprint density at radius 2 is 1.45 bits per heavy atom. The van der Waals surface area contributed by atoms with E-state index in [2.05, 4.69) is 58.0 Å². The summed E-state index contributed by atoms with van der Waals surface area (Å²) < 4.78 is 6.65. The molecular formula is C32H20N2O2Se2. The Labute approximate surface area is 232 Å². The number of Topliss-reactive ketones (excluding diaryl/α,β-unsaturated/α-hetero) is 1. The van der Waals surface area contributed by atoms with Gasteiger partial charge in [0, 0.05) is 0 Å². The molecule has 0 bridgehead atoms. The zero-order valence-electron chi connectivity index (χ0n) is 20.1. The Kier molecular flexibility index (Phi) is 5.76. The zero-order valence-corrected chi connectivity index (χ0v) is 23.5. The van der Waals surface area contributed by atoms with E-state index in [1.54, 1.807) is 0 Å². The van der Waals surface area contributed by atoms with Crippen molar-refractivity contribution in [1.82, 2.24) is 0 Å². The Hall–Kier alpha value is -3.92. The second-order valence-corrected chi connectivity index (χ2v) is 13.4. The van der Waals surface area contributed by atoms with Crippen molar-refractivity contribution in [3.63, 3.8) is 0 Å². The summed E-state index contributed by atoms with van der Waals surface area (Å²) >= 11 is -0.0109. The fourth-order valence-corrected chi connectivity index (χ4v) is 9.48. The summed E-state index contributed by atoms with van der Waals surface area (Å²) in [6.07, 6.45) is 3.65. The predicted octanol–water partition coefficient (Wildman–Crippen LogP) is 3.78. The molecule has 2 heterocycles. The molecule has 1 aliphatic heterocycles. The van der Waals surface area contributed by atoms with E-state index in [1.165, 1.54) is 8.72 Å². The summed E-state index contributed by atoms with van der Waals surface area (Å²) in [5, 5.41) is 13.4. The van der Waals surface area contributed by atoms with Crippen molar-refractivity contribution in [2.24, 2.45) is 0 Å². The van der Waals surface area contributed by atoms with Gasteiger partial charge in [0.05, 0.1) is 0 Å². The van der Waals surface area contributed by atoms with Gasteiger partial charge in [-0.3, -0.25) is 0 Å². The van der Waals surface area contributed by atoms with E-state index in [4.69, 9.17) is 0 Å². The van der Waals surface area contributed by atoms with Crippen molar-refractivity contribution in [2.45, 2.75) is 0 Å². The van der Waals surface area contributed by atoms with Crippen LogP contribution in [0.3, 0.4) is 0 Å². The summed E-state index contributed by atoms with van der Waals surface area (Å²) in [6.45, 7) is 0. The van der Waals surface area contributed by atoms with Crippen molar-refractivity contribution < 1.29 is 14.5 Å². The van der Waals surface area contributed by atoms with Crippen LogP contribution in [-0.4, -0.2) is 35.2 Å². The van der Waals surface area contributed by atoms with Gasteiger partial charge in [-0.1, -0.05) is 0 Å². The molecule has 0 unspecified atom stereocenters. The minimum absolute atomic E-state index is 0.00543. The van der Waals surface area contributed by atoms with Gasteiger partial charge >= 0.3 is 233 Å². The molecule has 0 saturated carbocycles. The molecule has 38 heavy (non-hydrogen) atoms. The second kappa shape index (κ2) is 9.43. The number of aromatic nitrogens is 1. The Morgan fingerprint density at radius 1 is 0.763 bits per heavy atom. The molecule has 2 aliphatic rings. The molecule has 182 valence electrons. The van der Waals surface area contributed by atoms with Crippen LogP contribution in [-0.2, 0) is 4.79 Å². The molecule has 0 radical (unpaired) electrons. The van der Waals surface area contributed by atoms with E-state index in [0.29, 0.717) is 0 Å². The molecule has 0 spiro atoms. The van der Waals surface area contributed by atoms with E-state index in [-0.39, 0.29) is 52.1 Å². The average molecular weight is 622 g/mol. The molecule has 0 atom stereocenters. The first kappa shape index (κ1) is 23.2. The van der Waals surface area contributed by atoms with Crippen LogP contribution in [0.4, 0.5) is 11.4 Å². The maximum atomic E-state index is 13.4. The minimum atomic E-state index is -0.172. The molecule has 0 fully saturated rings. The quantitative estimate of drug-likeness (QED) is 0.174. The van der Waals surface area contributed by atoms with Gasteiger partial charge in [0.1, 0.15) is 0 Å². The van der Waals surface area contributed by atoms with Gasteiger partial charge in [-0.15, -0.1) is 0 Å². The third kappa shape index (κ3) is 3.82. The first-order valence-electron chi connectivity index (χ1n) is 12.2. The number of fused-ring (bicyclic) bond motifs is 2. The third-order valence-electron chi connectivity index (χ3n) is 6.63. The third-order valence-corrected chi connectivity index (χ3v) is 11.1. The van der Waals surface area contributed by atoms with Crippen LogP contribution < -0.4 is 19.0 Å².